The summed E-state index contributed by atoms with van der Waals surface area (Å²) in [5.41, 5.74) is -0.0827. The molecule has 0 aliphatic carbocycles. The zero-order chi connectivity index (χ0) is 20.0. The molecule has 4 atom stereocenters. The van der Waals surface area contributed by atoms with Crippen LogP contribution in [0.25, 0.3) is 0 Å². The van der Waals surface area contributed by atoms with Gasteiger partial charge in [-0.2, -0.15) is 0 Å². The van der Waals surface area contributed by atoms with E-state index in [0.29, 0.717) is 19.5 Å². The van der Waals surface area contributed by atoms with E-state index in [9.17, 15) is 19.1 Å². The van der Waals surface area contributed by atoms with E-state index in [2.05, 4.69) is 9.80 Å². The number of carbonyl (C=O) groups excluding carboxylic acids is 2. The second-order valence-electron chi connectivity index (χ2n) is 8.72. The number of fused-ring (bicyclic) bond motifs is 4. The van der Waals surface area contributed by atoms with Crippen molar-refractivity contribution >= 4 is 11.8 Å². The van der Waals surface area contributed by atoms with E-state index in [1.54, 1.807) is 4.90 Å². The number of likely N-dealkylation sites (tertiary alicyclic amines) is 1. The molecule has 4 rings (SSSR count). The number of nitrogens with zero attached hydrogens (tertiary/aromatic N) is 3. The standard InChI is InChI=1S/C21H28FN3O3/c1-23(2)12-19-14-8-13(18-4-3-5-20(27)25(18)19)10-24(11-14)21(28)16-9-15(26)6-7-17(16)22/h6-7,9,13-14,18-19,26H,3-5,8,10-12H2,1-2H3/t13-,14+,18+,19+/m1/s1. The quantitative estimate of drug-likeness (QED) is 0.858. The number of amides is 2. The van der Waals surface area contributed by atoms with Crippen molar-refractivity contribution in [2.24, 2.45) is 11.8 Å². The summed E-state index contributed by atoms with van der Waals surface area (Å²) in [7, 11) is 4.01. The fourth-order valence-corrected chi connectivity index (χ4v) is 5.40. The van der Waals surface area contributed by atoms with Gasteiger partial charge in [0.1, 0.15) is 11.6 Å². The van der Waals surface area contributed by atoms with Crippen molar-refractivity contribution in [3.05, 3.63) is 29.6 Å². The molecule has 0 aromatic heterocycles. The van der Waals surface area contributed by atoms with Crippen molar-refractivity contribution in [1.29, 1.82) is 0 Å². The van der Waals surface area contributed by atoms with Crippen LogP contribution in [0.1, 0.15) is 36.0 Å². The van der Waals surface area contributed by atoms with Crippen LogP contribution in [0.15, 0.2) is 18.2 Å². The van der Waals surface area contributed by atoms with E-state index in [-0.39, 0.29) is 47.0 Å². The Kier molecular flexibility index (Phi) is 5.04. The van der Waals surface area contributed by atoms with Gasteiger partial charge in [0.2, 0.25) is 5.91 Å². The molecule has 3 aliphatic rings. The monoisotopic (exact) mass is 389 g/mol. The first kappa shape index (κ1) is 19.2. The Labute approximate surface area is 164 Å². The van der Waals surface area contributed by atoms with Crippen LogP contribution in [0.3, 0.4) is 0 Å². The van der Waals surface area contributed by atoms with E-state index in [0.717, 1.165) is 31.9 Å². The molecule has 0 saturated carbocycles. The summed E-state index contributed by atoms with van der Waals surface area (Å²) in [5, 5.41) is 9.68. The van der Waals surface area contributed by atoms with Crippen molar-refractivity contribution in [3.8, 4) is 5.75 Å². The van der Waals surface area contributed by atoms with Crippen molar-refractivity contribution in [2.45, 2.75) is 37.8 Å². The maximum atomic E-state index is 14.2. The van der Waals surface area contributed by atoms with Gasteiger partial charge in [-0.25, -0.2) is 4.39 Å². The second-order valence-corrected chi connectivity index (χ2v) is 8.72. The summed E-state index contributed by atoms with van der Waals surface area (Å²) in [4.78, 5) is 31.7. The lowest BCUT2D eigenvalue weighted by Gasteiger charge is -2.57. The molecule has 1 aromatic rings. The van der Waals surface area contributed by atoms with Gasteiger partial charge in [0.15, 0.2) is 0 Å². The third-order valence-electron chi connectivity index (χ3n) is 6.52. The zero-order valence-corrected chi connectivity index (χ0v) is 16.5. The molecule has 0 unspecified atom stereocenters. The predicted octanol–water partition coefficient (Wildman–Crippen LogP) is 1.93. The van der Waals surface area contributed by atoms with Gasteiger partial charge in [-0.3, -0.25) is 9.59 Å². The van der Waals surface area contributed by atoms with Gasteiger partial charge < -0.3 is 19.8 Å². The zero-order valence-electron chi connectivity index (χ0n) is 16.5. The van der Waals surface area contributed by atoms with Crippen molar-refractivity contribution in [3.63, 3.8) is 0 Å². The van der Waals surface area contributed by atoms with Crippen molar-refractivity contribution in [1.82, 2.24) is 14.7 Å². The van der Waals surface area contributed by atoms with E-state index >= 15 is 0 Å². The van der Waals surface area contributed by atoms with E-state index in [4.69, 9.17) is 0 Å². The minimum Gasteiger partial charge on any atom is -0.508 e. The highest BCUT2D eigenvalue weighted by molar-refractivity contribution is 5.95. The highest BCUT2D eigenvalue weighted by Crippen LogP contribution is 2.42. The maximum Gasteiger partial charge on any atom is 0.256 e. The number of piperidine rings is 3. The Morgan fingerprint density at radius 1 is 1.29 bits per heavy atom. The van der Waals surface area contributed by atoms with Crippen LogP contribution in [-0.2, 0) is 4.79 Å². The largest absolute Gasteiger partial charge is 0.508 e. The summed E-state index contributed by atoms with van der Waals surface area (Å²) in [6.07, 6.45) is 3.47. The smallest absolute Gasteiger partial charge is 0.256 e. The number of aromatic hydroxyl groups is 1. The highest BCUT2D eigenvalue weighted by atomic mass is 19.1. The first-order valence-electron chi connectivity index (χ1n) is 10.1. The number of rotatable bonds is 3. The predicted molar refractivity (Wildman–Crippen MR) is 102 cm³/mol. The summed E-state index contributed by atoms with van der Waals surface area (Å²) >= 11 is 0. The molecule has 3 aliphatic heterocycles. The van der Waals surface area contributed by atoms with Gasteiger partial charge in [0, 0.05) is 38.1 Å². The Balaban J connectivity index is 1.62. The molecule has 3 saturated heterocycles. The topological polar surface area (TPSA) is 64.1 Å². The molecule has 2 bridgehead atoms. The summed E-state index contributed by atoms with van der Waals surface area (Å²) in [6, 6.07) is 3.82. The number of carbonyl (C=O) groups is 2. The Hall–Kier alpha value is -2.15. The van der Waals surface area contributed by atoms with Crippen LogP contribution in [-0.4, -0.2) is 77.4 Å². The molecular weight excluding hydrogens is 361 g/mol. The Bertz CT molecular complexity index is 784. The van der Waals surface area contributed by atoms with Crippen LogP contribution < -0.4 is 0 Å². The average molecular weight is 389 g/mol. The molecule has 28 heavy (non-hydrogen) atoms. The molecule has 7 heteroatoms. The number of halogens is 1. The molecular formula is C21H28FN3O3. The van der Waals surface area contributed by atoms with Gasteiger partial charge in [-0.05, 0) is 63.4 Å². The number of phenolic OH excluding ortho intramolecular Hbond substituents is 1. The minimum absolute atomic E-state index is 0.0775. The van der Waals surface area contributed by atoms with Gasteiger partial charge in [-0.1, -0.05) is 0 Å². The Morgan fingerprint density at radius 3 is 2.79 bits per heavy atom. The fraction of sp³-hybridized carbons (Fsp3) is 0.619. The van der Waals surface area contributed by atoms with E-state index < -0.39 is 5.82 Å². The summed E-state index contributed by atoms with van der Waals surface area (Å²) in [5.74, 6) is -0.456. The third kappa shape index (κ3) is 3.36. The minimum atomic E-state index is -0.613. The summed E-state index contributed by atoms with van der Waals surface area (Å²) < 4.78 is 14.2. The van der Waals surface area contributed by atoms with Gasteiger partial charge >= 0.3 is 0 Å². The van der Waals surface area contributed by atoms with E-state index in [1.807, 2.05) is 14.1 Å². The lowest BCUT2D eigenvalue weighted by atomic mass is 9.72. The third-order valence-corrected chi connectivity index (χ3v) is 6.52. The average Bonchev–Trinajstić information content (AvgIpc) is 2.66. The SMILES string of the molecule is CN(C)C[C@H]1[C@H]2C[C@H](CN(C(=O)c3cc(O)ccc3F)C2)[C@@H]2CCCC(=O)N21. The molecule has 6 nitrogen and oxygen atoms in total. The number of likely N-dealkylation sites (N-methyl/N-ethyl adjacent to an activating group) is 1. The first-order chi connectivity index (χ1) is 13.3. The molecule has 1 N–H and O–H groups in total. The van der Waals surface area contributed by atoms with Crippen molar-refractivity contribution < 1.29 is 19.1 Å². The van der Waals surface area contributed by atoms with Gasteiger partial charge in [-0.15, -0.1) is 0 Å². The van der Waals surface area contributed by atoms with Crippen LogP contribution >= 0.6 is 0 Å². The molecule has 152 valence electrons. The highest BCUT2D eigenvalue weighted by Gasteiger charge is 2.50. The van der Waals surface area contributed by atoms with Crippen LogP contribution in [0.2, 0.25) is 0 Å². The van der Waals surface area contributed by atoms with Gasteiger partial charge in [0.05, 0.1) is 5.56 Å². The normalized spacial score (nSPS) is 29.8. The number of hydrogen-bond acceptors (Lipinski definition) is 4. The molecule has 0 radical (unpaired) electrons. The lowest BCUT2D eigenvalue weighted by molar-refractivity contribution is -0.152. The van der Waals surface area contributed by atoms with Gasteiger partial charge in [0.25, 0.3) is 5.91 Å². The number of phenols is 1. The first-order valence-corrected chi connectivity index (χ1v) is 10.1. The molecule has 3 heterocycles. The molecule has 0 spiro atoms. The number of benzene rings is 1. The van der Waals surface area contributed by atoms with E-state index in [1.165, 1.54) is 12.1 Å². The lowest BCUT2D eigenvalue weighted by Crippen LogP contribution is -2.67. The molecule has 2 amide bonds. The summed E-state index contributed by atoms with van der Waals surface area (Å²) in [6.45, 7) is 1.81. The maximum absolute atomic E-state index is 14.2. The second kappa shape index (κ2) is 7.35. The Morgan fingerprint density at radius 2 is 2.04 bits per heavy atom. The fourth-order valence-electron chi connectivity index (χ4n) is 5.40. The number of hydrogen-bond donors (Lipinski definition) is 1. The van der Waals surface area contributed by atoms with Crippen LogP contribution in [0.4, 0.5) is 4.39 Å². The molecule has 1 aromatic carbocycles. The van der Waals surface area contributed by atoms with Crippen LogP contribution in [0.5, 0.6) is 5.75 Å². The molecule has 3 fully saturated rings. The van der Waals surface area contributed by atoms with Crippen LogP contribution in [0, 0.1) is 17.7 Å². The van der Waals surface area contributed by atoms with Crippen molar-refractivity contribution in [2.75, 3.05) is 33.7 Å².